The molecular formula is C48H93O10P. The summed E-state index contributed by atoms with van der Waals surface area (Å²) in [5.74, 6) is -0.920. The SMILES string of the molecule is CCCCCCC/C=C/CCCCCCCC(=O)O[C@H](COC(=O)CCCCCCCCCCCCCCCCCCCCCCCC)COP(=O)(O)OC[C@H](O)CO. The first-order valence-electron chi connectivity index (χ1n) is 24.6. The number of hydrogen-bond donors (Lipinski definition) is 3. The lowest BCUT2D eigenvalue weighted by Crippen LogP contribution is -2.29. The number of unbranched alkanes of at least 4 members (excludes halogenated alkanes) is 31. The van der Waals surface area contributed by atoms with Crippen molar-refractivity contribution in [2.45, 2.75) is 257 Å². The van der Waals surface area contributed by atoms with Gasteiger partial charge in [0.25, 0.3) is 0 Å². The Hall–Kier alpha value is -1.29. The summed E-state index contributed by atoms with van der Waals surface area (Å²) in [6.45, 7) is 2.41. The largest absolute Gasteiger partial charge is 0.472 e. The summed E-state index contributed by atoms with van der Waals surface area (Å²) in [6.07, 6.45) is 44.7. The molecule has 0 radical (unpaired) electrons. The van der Waals surface area contributed by atoms with Crippen LogP contribution in [0.2, 0.25) is 0 Å². The van der Waals surface area contributed by atoms with Crippen molar-refractivity contribution in [3.63, 3.8) is 0 Å². The van der Waals surface area contributed by atoms with Crippen LogP contribution in [-0.2, 0) is 32.7 Å². The fraction of sp³-hybridized carbons (Fsp3) is 0.917. The quantitative estimate of drug-likeness (QED) is 0.0234. The first kappa shape index (κ1) is 57.7. The Morgan fingerprint density at radius 1 is 0.492 bits per heavy atom. The molecule has 350 valence electrons. The molecule has 3 N–H and O–H groups in total. The van der Waals surface area contributed by atoms with E-state index in [9.17, 15) is 24.2 Å². The van der Waals surface area contributed by atoms with E-state index < -0.39 is 51.8 Å². The predicted molar refractivity (Wildman–Crippen MR) is 242 cm³/mol. The number of aliphatic hydroxyl groups is 2. The second-order valence-electron chi connectivity index (χ2n) is 16.8. The molecule has 0 amide bonds. The first-order valence-corrected chi connectivity index (χ1v) is 26.1. The van der Waals surface area contributed by atoms with Gasteiger partial charge in [0.05, 0.1) is 19.8 Å². The number of ether oxygens (including phenoxy) is 2. The maximum Gasteiger partial charge on any atom is 0.472 e. The van der Waals surface area contributed by atoms with E-state index in [1.807, 2.05) is 0 Å². The molecule has 0 aromatic rings. The number of allylic oxidation sites excluding steroid dienone is 2. The molecule has 3 atom stereocenters. The fourth-order valence-electron chi connectivity index (χ4n) is 7.11. The predicted octanol–water partition coefficient (Wildman–Crippen LogP) is 13.6. The molecule has 10 nitrogen and oxygen atoms in total. The number of esters is 2. The van der Waals surface area contributed by atoms with Crippen LogP contribution < -0.4 is 0 Å². The van der Waals surface area contributed by atoms with Gasteiger partial charge in [0.15, 0.2) is 6.10 Å². The van der Waals surface area contributed by atoms with Gasteiger partial charge in [-0.15, -0.1) is 0 Å². The fourth-order valence-corrected chi connectivity index (χ4v) is 7.90. The van der Waals surface area contributed by atoms with Gasteiger partial charge in [-0.3, -0.25) is 18.6 Å². The average Bonchev–Trinajstić information content (AvgIpc) is 3.22. The van der Waals surface area contributed by atoms with Crippen LogP contribution in [0.1, 0.15) is 245 Å². The minimum Gasteiger partial charge on any atom is -0.462 e. The molecular weight excluding hydrogens is 767 g/mol. The van der Waals surface area contributed by atoms with Gasteiger partial charge in [0.2, 0.25) is 0 Å². The first-order chi connectivity index (χ1) is 28.7. The smallest absolute Gasteiger partial charge is 0.462 e. The normalized spacial score (nSPS) is 13.8. The van der Waals surface area contributed by atoms with Gasteiger partial charge in [0.1, 0.15) is 12.7 Å². The van der Waals surface area contributed by atoms with E-state index in [0.717, 1.165) is 51.4 Å². The number of phosphoric acid groups is 1. The van der Waals surface area contributed by atoms with Gasteiger partial charge < -0.3 is 24.6 Å². The van der Waals surface area contributed by atoms with Crippen LogP contribution in [0.25, 0.3) is 0 Å². The summed E-state index contributed by atoms with van der Waals surface area (Å²) in [7, 11) is -4.62. The molecule has 0 aliphatic carbocycles. The Kier molecular flexibility index (Phi) is 43.8. The number of carbonyl (C=O) groups is 2. The van der Waals surface area contributed by atoms with Crippen molar-refractivity contribution in [2.24, 2.45) is 0 Å². The van der Waals surface area contributed by atoms with Crippen molar-refractivity contribution >= 4 is 19.8 Å². The van der Waals surface area contributed by atoms with Gasteiger partial charge in [-0.2, -0.15) is 0 Å². The van der Waals surface area contributed by atoms with Gasteiger partial charge >= 0.3 is 19.8 Å². The summed E-state index contributed by atoms with van der Waals surface area (Å²) in [4.78, 5) is 35.1. The molecule has 59 heavy (non-hydrogen) atoms. The Morgan fingerprint density at radius 2 is 0.831 bits per heavy atom. The average molecular weight is 861 g/mol. The van der Waals surface area contributed by atoms with E-state index in [-0.39, 0.29) is 19.4 Å². The van der Waals surface area contributed by atoms with Crippen LogP contribution in [0.15, 0.2) is 12.2 Å². The number of phosphoric ester groups is 1. The molecule has 0 spiro atoms. The molecule has 0 heterocycles. The van der Waals surface area contributed by atoms with Gasteiger partial charge in [-0.05, 0) is 38.5 Å². The van der Waals surface area contributed by atoms with E-state index in [2.05, 4.69) is 26.0 Å². The van der Waals surface area contributed by atoms with E-state index >= 15 is 0 Å². The van der Waals surface area contributed by atoms with Crippen LogP contribution >= 0.6 is 7.82 Å². The lowest BCUT2D eigenvalue weighted by Gasteiger charge is -2.20. The lowest BCUT2D eigenvalue weighted by molar-refractivity contribution is -0.161. The molecule has 1 unspecified atom stereocenters. The van der Waals surface area contributed by atoms with Crippen molar-refractivity contribution < 1.29 is 47.8 Å². The highest BCUT2D eigenvalue weighted by Crippen LogP contribution is 2.43. The molecule has 0 aromatic heterocycles. The van der Waals surface area contributed by atoms with Crippen LogP contribution in [0.4, 0.5) is 0 Å². The van der Waals surface area contributed by atoms with E-state index in [1.54, 1.807) is 0 Å². The summed E-state index contributed by atoms with van der Waals surface area (Å²) in [6, 6.07) is 0. The summed E-state index contributed by atoms with van der Waals surface area (Å²) in [5.41, 5.74) is 0. The van der Waals surface area contributed by atoms with E-state index in [1.165, 1.54) is 154 Å². The van der Waals surface area contributed by atoms with Crippen LogP contribution in [0.3, 0.4) is 0 Å². The Labute approximate surface area is 362 Å². The molecule has 0 saturated carbocycles. The number of aliphatic hydroxyl groups excluding tert-OH is 2. The maximum atomic E-state index is 12.6. The summed E-state index contributed by atoms with van der Waals surface area (Å²) in [5, 5.41) is 18.4. The standard InChI is InChI=1S/C48H93O10P/c1-3-5-7-9-11-13-15-17-19-20-21-22-23-24-25-26-28-29-31-33-35-37-39-47(51)55-43-46(44-57-59(53,54)56-42-45(50)41-49)58-48(52)40-38-36-34-32-30-27-18-16-14-12-10-8-6-4-2/h16,18,45-46,49-50H,3-15,17,19-44H2,1-2H3,(H,53,54)/b18-16+/t45-,46-/m1/s1. The summed E-state index contributed by atoms with van der Waals surface area (Å²) < 4.78 is 32.8. The third kappa shape index (κ3) is 44.6. The minimum absolute atomic E-state index is 0.178. The maximum absolute atomic E-state index is 12.6. The van der Waals surface area contributed by atoms with Gasteiger partial charge in [0, 0.05) is 12.8 Å². The zero-order chi connectivity index (χ0) is 43.3. The highest BCUT2D eigenvalue weighted by Gasteiger charge is 2.27. The highest BCUT2D eigenvalue weighted by molar-refractivity contribution is 7.47. The molecule has 0 fully saturated rings. The number of carbonyl (C=O) groups excluding carboxylic acids is 2. The van der Waals surface area contributed by atoms with Crippen molar-refractivity contribution in [3.8, 4) is 0 Å². The molecule has 11 heteroatoms. The van der Waals surface area contributed by atoms with Crippen molar-refractivity contribution in [2.75, 3.05) is 26.4 Å². The van der Waals surface area contributed by atoms with Crippen molar-refractivity contribution in [1.29, 1.82) is 0 Å². The summed E-state index contributed by atoms with van der Waals surface area (Å²) >= 11 is 0. The van der Waals surface area contributed by atoms with Crippen LogP contribution in [0.5, 0.6) is 0 Å². The monoisotopic (exact) mass is 861 g/mol. The zero-order valence-electron chi connectivity index (χ0n) is 38.2. The topological polar surface area (TPSA) is 149 Å². The third-order valence-corrected chi connectivity index (χ3v) is 11.9. The van der Waals surface area contributed by atoms with Gasteiger partial charge in [-0.25, -0.2) is 4.57 Å². The molecule has 0 saturated heterocycles. The third-order valence-electron chi connectivity index (χ3n) is 10.9. The van der Waals surface area contributed by atoms with Gasteiger partial charge in [-0.1, -0.05) is 206 Å². The highest BCUT2D eigenvalue weighted by atomic mass is 31.2. The van der Waals surface area contributed by atoms with Crippen LogP contribution in [0, 0.1) is 0 Å². The Bertz CT molecular complexity index is 993. The zero-order valence-corrected chi connectivity index (χ0v) is 39.1. The lowest BCUT2D eigenvalue weighted by atomic mass is 10.0. The Morgan fingerprint density at radius 3 is 1.22 bits per heavy atom. The molecule has 0 bridgehead atoms. The second kappa shape index (κ2) is 44.8. The molecule has 0 rings (SSSR count). The molecule has 0 aliphatic heterocycles. The minimum atomic E-state index is -4.62. The second-order valence-corrected chi connectivity index (χ2v) is 18.3. The Balaban J connectivity index is 4.12. The number of rotatable bonds is 47. The van der Waals surface area contributed by atoms with E-state index in [0.29, 0.717) is 12.8 Å². The van der Waals surface area contributed by atoms with Crippen molar-refractivity contribution in [3.05, 3.63) is 12.2 Å². The van der Waals surface area contributed by atoms with E-state index in [4.69, 9.17) is 23.6 Å². The molecule has 0 aliphatic rings. The molecule has 0 aromatic carbocycles. The van der Waals surface area contributed by atoms with Crippen molar-refractivity contribution in [1.82, 2.24) is 0 Å². The van der Waals surface area contributed by atoms with Crippen LogP contribution in [-0.4, -0.2) is 65.7 Å². The number of hydrogen-bond acceptors (Lipinski definition) is 9.